The van der Waals surface area contributed by atoms with E-state index in [1.165, 1.54) is 0 Å². The summed E-state index contributed by atoms with van der Waals surface area (Å²) in [6, 6.07) is 0. The van der Waals surface area contributed by atoms with Crippen LogP contribution in [0.2, 0.25) is 0 Å². The zero-order chi connectivity index (χ0) is 5.54. The third kappa shape index (κ3) is 5.70. The average Bonchev–Trinajstić information content (AvgIpc) is 1.69. The molecule has 7 heavy (non-hydrogen) atoms. The molecular weight excluding hydrogens is 88.1 g/mol. The van der Waals surface area contributed by atoms with Crippen molar-refractivity contribution in [1.29, 1.82) is 0 Å². The summed E-state index contributed by atoms with van der Waals surface area (Å²) >= 11 is 0. The first-order chi connectivity index (χ1) is 3.41. The highest BCUT2D eigenvalue weighted by Gasteiger charge is 1.69. The highest BCUT2D eigenvalue weighted by atomic mass is 16.5. The molecule has 0 bridgehead atoms. The van der Waals surface area contributed by atoms with Crippen LogP contribution in [0.4, 0.5) is 0 Å². The minimum absolute atomic E-state index is 0.757. The number of hydrogen-bond acceptors (Lipinski definition) is 1. The lowest BCUT2D eigenvalue weighted by Crippen LogP contribution is -1.86. The normalized spacial score (nSPS) is 10.6. The van der Waals surface area contributed by atoms with Crippen LogP contribution in [0.3, 0.4) is 0 Å². The van der Waals surface area contributed by atoms with Gasteiger partial charge in [-0.15, -0.1) is 0 Å². The van der Waals surface area contributed by atoms with Gasteiger partial charge in [-0.25, -0.2) is 0 Å². The molecule has 0 N–H and O–H groups in total. The number of rotatable bonds is 3. The van der Waals surface area contributed by atoms with Crippen LogP contribution in [0.15, 0.2) is 12.2 Å². The van der Waals surface area contributed by atoms with Crippen molar-refractivity contribution in [3.8, 4) is 0 Å². The zero-order valence-corrected chi connectivity index (χ0v) is 4.98. The van der Waals surface area contributed by atoms with Crippen LogP contribution in [-0.2, 0) is 4.74 Å². The number of allylic oxidation sites excluding steroid dienone is 1. The van der Waals surface area contributed by atoms with Gasteiger partial charge in [0.25, 0.3) is 0 Å². The lowest BCUT2D eigenvalue weighted by atomic mass is 10.5. The van der Waals surface area contributed by atoms with Crippen molar-refractivity contribution in [1.82, 2.24) is 0 Å². The minimum Gasteiger partial charge on any atom is -0.378 e. The van der Waals surface area contributed by atoms with Crippen LogP contribution in [-0.4, -0.2) is 13.2 Å². The second-order valence-corrected chi connectivity index (χ2v) is 1.23. The summed E-state index contributed by atoms with van der Waals surface area (Å²) < 4.78 is 4.99. The predicted molar refractivity (Wildman–Crippen MR) is 31.3 cm³/mol. The molecule has 0 saturated carbocycles. The molecule has 0 aliphatic heterocycles. The van der Waals surface area contributed by atoms with Gasteiger partial charge in [0.1, 0.15) is 0 Å². The molecule has 0 saturated heterocycles. The third-order valence-electron chi connectivity index (χ3n) is 0.654. The Labute approximate surface area is 45.0 Å². The van der Waals surface area contributed by atoms with Crippen molar-refractivity contribution in [3.63, 3.8) is 0 Å². The summed E-state index contributed by atoms with van der Waals surface area (Å²) in [5, 5.41) is 0. The summed E-state index contributed by atoms with van der Waals surface area (Å²) in [6.07, 6.45) is 3.97. The molecule has 1 nitrogen and oxygen atoms in total. The van der Waals surface area contributed by atoms with Gasteiger partial charge in [-0.05, 0) is 13.8 Å². The molecule has 0 aromatic rings. The summed E-state index contributed by atoms with van der Waals surface area (Å²) in [5.41, 5.74) is 0. The van der Waals surface area contributed by atoms with E-state index in [1.54, 1.807) is 0 Å². The quantitative estimate of drug-likeness (QED) is 0.386. The first-order valence-corrected chi connectivity index (χ1v) is 2.60. The van der Waals surface area contributed by atoms with Gasteiger partial charge in [-0.3, -0.25) is 0 Å². The minimum atomic E-state index is 0.757. The van der Waals surface area contributed by atoms with Gasteiger partial charge in [0.15, 0.2) is 0 Å². The van der Waals surface area contributed by atoms with Gasteiger partial charge >= 0.3 is 0 Å². The van der Waals surface area contributed by atoms with E-state index in [1.807, 2.05) is 26.0 Å². The predicted octanol–water partition coefficient (Wildman–Crippen LogP) is 1.60. The van der Waals surface area contributed by atoms with Crippen LogP contribution in [0.25, 0.3) is 0 Å². The summed E-state index contributed by atoms with van der Waals surface area (Å²) in [5.74, 6) is 0. The van der Waals surface area contributed by atoms with Gasteiger partial charge < -0.3 is 4.74 Å². The molecule has 0 atom stereocenters. The highest BCUT2D eigenvalue weighted by Crippen LogP contribution is 1.73. The molecule has 0 fully saturated rings. The number of ether oxygens (including phenoxy) is 1. The van der Waals surface area contributed by atoms with Crippen molar-refractivity contribution in [3.05, 3.63) is 12.2 Å². The Kier molecular flexibility index (Phi) is 5.46. The standard InChI is InChI=1S/C6H12O/c1-3-5-6-7-4-2/h3,5H,4,6H2,1-2H3/b5-3-. The van der Waals surface area contributed by atoms with E-state index in [9.17, 15) is 0 Å². The molecule has 0 aliphatic carbocycles. The first-order valence-electron chi connectivity index (χ1n) is 2.60. The van der Waals surface area contributed by atoms with E-state index < -0.39 is 0 Å². The molecular formula is C6H12O. The van der Waals surface area contributed by atoms with Crippen LogP contribution in [0, 0.1) is 0 Å². The Balaban J connectivity index is 2.69. The second kappa shape index (κ2) is 5.70. The molecule has 0 aromatic heterocycles. The maximum atomic E-state index is 4.99. The van der Waals surface area contributed by atoms with Crippen molar-refractivity contribution in [2.75, 3.05) is 13.2 Å². The maximum absolute atomic E-state index is 4.99. The smallest absolute Gasteiger partial charge is 0.0647 e. The van der Waals surface area contributed by atoms with Crippen LogP contribution >= 0.6 is 0 Å². The Morgan fingerprint density at radius 1 is 1.57 bits per heavy atom. The van der Waals surface area contributed by atoms with Crippen LogP contribution in [0.1, 0.15) is 13.8 Å². The first kappa shape index (κ1) is 6.70. The number of hydrogen-bond donors (Lipinski definition) is 0. The Morgan fingerprint density at radius 2 is 2.29 bits per heavy atom. The van der Waals surface area contributed by atoms with Gasteiger partial charge in [0, 0.05) is 6.61 Å². The summed E-state index contributed by atoms with van der Waals surface area (Å²) in [4.78, 5) is 0. The Morgan fingerprint density at radius 3 is 2.71 bits per heavy atom. The molecule has 0 rings (SSSR count). The lowest BCUT2D eigenvalue weighted by molar-refractivity contribution is 0.177. The van der Waals surface area contributed by atoms with Gasteiger partial charge in [0.2, 0.25) is 0 Å². The van der Waals surface area contributed by atoms with Crippen molar-refractivity contribution < 1.29 is 4.74 Å². The SMILES string of the molecule is C/C=C\COCC. The Hall–Kier alpha value is -0.300. The van der Waals surface area contributed by atoms with Gasteiger partial charge in [0.05, 0.1) is 6.61 Å². The molecule has 0 aromatic carbocycles. The molecule has 42 valence electrons. The van der Waals surface area contributed by atoms with Gasteiger partial charge in [-0.2, -0.15) is 0 Å². The third-order valence-corrected chi connectivity index (χ3v) is 0.654. The van der Waals surface area contributed by atoms with E-state index in [4.69, 9.17) is 4.74 Å². The highest BCUT2D eigenvalue weighted by molar-refractivity contribution is 4.75. The Bertz CT molecular complexity index is 48.1. The molecule has 0 heterocycles. The average molecular weight is 100 g/mol. The topological polar surface area (TPSA) is 9.23 Å². The van der Waals surface area contributed by atoms with Crippen molar-refractivity contribution >= 4 is 0 Å². The summed E-state index contributed by atoms with van der Waals surface area (Å²) in [6.45, 7) is 5.54. The summed E-state index contributed by atoms with van der Waals surface area (Å²) in [7, 11) is 0. The van der Waals surface area contributed by atoms with E-state index in [0.29, 0.717) is 0 Å². The van der Waals surface area contributed by atoms with E-state index in [2.05, 4.69) is 0 Å². The van der Waals surface area contributed by atoms with E-state index >= 15 is 0 Å². The molecule has 0 amide bonds. The fourth-order valence-electron chi connectivity index (χ4n) is 0.282. The van der Waals surface area contributed by atoms with E-state index in [0.717, 1.165) is 13.2 Å². The fraction of sp³-hybridized carbons (Fsp3) is 0.667. The molecule has 0 aliphatic rings. The molecule has 0 unspecified atom stereocenters. The molecule has 0 spiro atoms. The van der Waals surface area contributed by atoms with Gasteiger partial charge in [-0.1, -0.05) is 12.2 Å². The molecule has 0 radical (unpaired) electrons. The van der Waals surface area contributed by atoms with Crippen LogP contribution < -0.4 is 0 Å². The van der Waals surface area contributed by atoms with Crippen molar-refractivity contribution in [2.45, 2.75) is 13.8 Å². The largest absolute Gasteiger partial charge is 0.378 e. The molecule has 1 heteroatoms. The second-order valence-electron chi connectivity index (χ2n) is 1.23. The fourth-order valence-corrected chi connectivity index (χ4v) is 0.282. The zero-order valence-electron chi connectivity index (χ0n) is 4.98. The lowest BCUT2D eigenvalue weighted by Gasteiger charge is -1.89. The maximum Gasteiger partial charge on any atom is 0.0647 e. The monoisotopic (exact) mass is 100 g/mol. The van der Waals surface area contributed by atoms with Crippen LogP contribution in [0.5, 0.6) is 0 Å². The van der Waals surface area contributed by atoms with E-state index in [-0.39, 0.29) is 0 Å². The van der Waals surface area contributed by atoms with Crippen molar-refractivity contribution in [2.24, 2.45) is 0 Å².